The summed E-state index contributed by atoms with van der Waals surface area (Å²) in [5, 5.41) is 53.4. The van der Waals surface area contributed by atoms with Crippen molar-refractivity contribution in [2.45, 2.75) is 87.0 Å². The zero-order valence-corrected chi connectivity index (χ0v) is 81.3. The van der Waals surface area contributed by atoms with E-state index in [9.17, 15) is 28.8 Å². The first-order valence-electron chi connectivity index (χ1n) is 42.9. The molecule has 0 bridgehead atoms. The van der Waals surface area contributed by atoms with Gasteiger partial charge in [0.1, 0.15) is 60.1 Å². The highest BCUT2D eigenvalue weighted by atomic mass is 35.5. The molecule has 16 heterocycles. The second-order valence-electron chi connectivity index (χ2n) is 28.3. The van der Waals surface area contributed by atoms with E-state index in [0.717, 1.165) is 40.5 Å². The highest BCUT2D eigenvalue weighted by molar-refractivity contribution is 6.35. The van der Waals surface area contributed by atoms with Crippen molar-refractivity contribution in [3.8, 4) is 34.1 Å². The van der Waals surface area contributed by atoms with Crippen LogP contribution in [0, 0.1) is 0 Å². The summed E-state index contributed by atoms with van der Waals surface area (Å²) in [5.41, 5.74) is 15.3. The molecule has 734 valence electrons. The van der Waals surface area contributed by atoms with E-state index in [1.165, 1.54) is 56.8 Å². The van der Waals surface area contributed by atoms with Gasteiger partial charge in [-0.05, 0) is 120 Å². The number of nitrogens with one attached hydrogen (secondary N) is 1. The maximum atomic E-state index is 12.6. The molecule has 55 heteroatoms. The summed E-state index contributed by atoms with van der Waals surface area (Å²) in [4.78, 5) is 126. The van der Waals surface area contributed by atoms with Gasteiger partial charge in [-0.1, -0.05) is 74.8 Å². The first-order valence-corrected chi connectivity index (χ1v) is 45.1. The molecule has 0 fully saturated rings. The minimum absolute atomic E-state index is 0. The number of tetrazole rings is 1. The molecule has 0 aromatic carbocycles. The number of imidazole rings is 1. The molecule has 0 atom stereocenters. The number of aliphatic imine (C=N–C) groups is 3. The minimum atomic E-state index is -0.210. The van der Waals surface area contributed by atoms with Gasteiger partial charge in [-0.2, -0.15) is 50.4 Å². The number of likely N-dealkylation sites (N-methyl/N-ethyl adjacent to an activating group) is 3. The highest BCUT2D eigenvalue weighted by Crippen LogP contribution is 2.33. The summed E-state index contributed by atoms with van der Waals surface area (Å²) in [5.74, 6) is 4.34. The summed E-state index contributed by atoms with van der Waals surface area (Å²) in [6.45, 7) is 15.4. The number of carbonyl (C=O) groups excluding carboxylic acids is 6. The van der Waals surface area contributed by atoms with Crippen LogP contribution < -0.4 is 52.6 Å². The summed E-state index contributed by atoms with van der Waals surface area (Å²) in [6.07, 6.45) is 47.7. The van der Waals surface area contributed by atoms with Gasteiger partial charge in [0.25, 0.3) is 11.8 Å². The van der Waals surface area contributed by atoms with Crippen LogP contribution in [0.1, 0.15) is 60.8 Å². The molecule has 16 aromatic heterocycles. The van der Waals surface area contributed by atoms with Crippen molar-refractivity contribution in [3.63, 3.8) is 0 Å². The van der Waals surface area contributed by atoms with Gasteiger partial charge >= 0.3 is 0 Å². The first kappa shape index (κ1) is 107. The average Bonchev–Trinajstić information content (AvgIpc) is 1.70. The standard InChI is InChI=1S/C16H17ClN6O.C15H18ClN7O.2C14H14ClN7O.C14H18ClN7O.C13H13ClN8O.H3N/c1-2-22(15(24)5-8-21-9-7-19-12-21)14-11-23(20-16(14)17)13-4-3-6-18-10-13;1-2-22(14(24)5-7-19-11-20-10-17)13-9-23(21-15(13)16)12-4-3-6-18-8-12;1-2-21(13(23)10-20-7-6-17-19-20)12-9-22(18-14(12)15)11-4-3-5-16-8-11;1-2-20(13(23)10-22-17-6-7-18-22)12-9-21(19-14(12)15)11-4-3-5-16-8-11;1-2-21(13(23)5-7-18-10-19-16)12-9-22(20-14(12)15)11-4-3-6-17-8-11;1-2-20(12(23)8-22-17-9-16-19-22)11-7-21(18-13(11)14)10-4-3-5-15-6-10;/h3-4,6-7,9-12H,2,5,8H2,1H3;3-4,6,8-11H,2,5,7H2,1H3,(H2,17,19,20);2*3-9H,2,10H2,1H3;3-4,6,8-10H,2,5,7,16H2,1H3,(H,18,19);3-7,9H,2,8H2,1H3;1H3. The number of amides is 6. The van der Waals surface area contributed by atoms with Crippen LogP contribution in [0.2, 0.25) is 30.9 Å². The van der Waals surface area contributed by atoms with Crippen LogP contribution in [-0.2, 0) is 54.9 Å². The van der Waals surface area contributed by atoms with E-state index in [2.05, 4.69) is 122 Å². The van der Waals surface area contributed by atoms with Gasteiger partial charge in [-0.15, -0.1) is 15.3 Å². The fraction of sp³-hybridized carbons (Fsp3) is 0.244. The number of halogens is 6. The quantitative estimate of drug-likeness (QED) is 0.0124. The summed E-state index contributed by atoms with van der Waals surface area (Å²) >= 11 is 37.3. The lowest BCUT2D eigenvalue weighted by Crippen LogP contribution is -2.34. The number of hydrogen-bond donors (Lipinski definition) is 4. The Morgan fingerprint density at radius 3 is 0.986 bits per heavy atom. The second kappa shape index (κ2) is 55.3. The van der Waals surface area contributed by atoms with E-state index in [-0.39, 0.29) is 105 Å². The van der Waals surface area contributed by atoms with Crippen LogP contribution in [0.15, 0.2) is 249 Å². The average molecular weight is 2040 g/mol. The first-order chi connectivity index (χ1) is 68.1. The van der Waals surface area contributed by atoms with Crippen LogP contribution in [0.4, 0.5) is 34.1 Å². The Labute approximate surface area is 836 Å². The Bertz CT molecular complexity index is 6270. The summed E-state index contributed by atoms with van der Waals surface area (Å²) < 4.78 is 12.9. The molecule has 16 rings (SSSR count). The van der Waals surface area contributed by atoms with Gasteiger partial charge in [0.15, 0.2) is 37.2 Å². The molecular formula is C86H97Cl6N43O6. The Morgan fingerprint density at radius 1 is 0.376 bits per heavy atom. The van der Waals surface area contributed by atoms with Crippen LogP contribution >= 0.6 is 69.6 Å². The predicted octanol–water partition coefficient (Wildman–Crippen LogP) is 9.65. The van der Waals surface area contributed by atoms with E-state index in [1.807, 2.05) is 94.8 Å². The van der Waals surface area contributed by atoms with Crippen molar-refractivity contribution in [1.82, 2.24) is 160 Å². The van der Waals surface area contributed by atoms with E-state index < -0.39 is 0 Å². The van der Waals surface area contributed by atoms with Crippen LogP contribution in [0.25, 0.3) is 34.1 Å². The Kier molecular flexibility index (Phi) is 41.9. The zero-order valence-electron chi connectivity index (χ0n) is 76.8. The molecule has 0 aliphatic rings. The van der Waals surface area contributed by atoms with Crippen LogP contribution in [0.3, 0.4) is 0 Å². The Balaban J connectivity index is 0.000000174. The maximum absolute atomic E-state index is 12.6. The second-order valence-corrected chi connectivity index (χ2v) is 30.4. The lowest BCUT2D eigenvalue weighted by molar-refractivity contribution is -0.120. The summed E-state index contributed by atoms with van der Waals surface area (Å²) in [6, 6.07) is 22.0. The molecule has 0 aliphatic carbocycles. The molecule has 0 saturated heterocycles. The SMILES string of the molecule is CCN(C(=O)CCN=CN=CN)c1cn(-c2cccnc2)nc1Cl.CCN(C(=O)CCN=CNN)c1cn(-c2cccnc2)nc1Cl.CCN(C(=O)CCn1ccnc1)c1cn(-c2cccnc2)nc1Cl.CCN(C(=O)Cn1ccnn1)c1cn(-c2cccnc2)nc1Cl.CCN(C(=O)Cn1nccn1)c1cn(-c2cccnc2)nc1Cl.CCN(C(=O)Cn1ncnn1)c1cn(-c2cccnc2)nc1Cl.N. The lowest BCUT2D eigenvalue weighted by Gasteiger charge is -2.19. The Morgan fingerprint density at radius 2 is 0.702 bits per heavy atom. The van der Waals surface area contributed by atoms with Crippen molar-refractivity contribution in [3.05, 3.63) is 265 Å². The third-order valence-electron chi connectivity index (χ3n) is 19.5. The van der Waals surface area contributed by atoms with Crippen LogP contribution in [0.5, 0.6) is 0 Å². The highest BCUT2D eigenvalue weighted by Gasteiger charge is 2.28. The number of hydrazine groups is 1. The lowest BCUT2D eigenvalue weighted by atomic mass is 10.3. The Hall–Kier alpha value is -16.2. The van der Waals surface area contributed by atoms with Crippen molar-refractivity contribution in [1.29, 1.82) is 0 Å². The third kappa shape index (κ3) is 30.4. The van der Waals surface area contributed by atoms with Gasteiger partial charge in [-0.3, -0.25) is 68.7 Å². The number of aromatic nitrogens is 30. The maximum Gasteiger partial charge on any atom is 0.250 e. The number of nitrogens with two attached hydrogens (primary N) is 2. The number of anilines is 6. The van der Waals surface area contributed by atoms with E-state index in [4.69, 9.17) is 81.2 Å². The number of nitrogens with zero attached hydrogens (tertiary/aromatic N) is 39. The van der Waals surface area contributed by atoms with E-state index in [1.54, 1.807) is 213 Å². The smallest absolute Gasteiger partial charge is 0.250 e. The number of rotatable bonds is 35. The van der Waals surface area contributed by atoms with Crippen molar-refractivity contribution >= 4 is 158 Å². The van der Waals surface area contributed by atoms with E-state index >= 15 is 0 Å². The molecule has 0 spiro atoms. The van der Waals surface area contributed by atoms with Crippen molar-refractivity contribution < 1.29 is 28.8 Å². The molecule has 0 unspecified atom stereocenters. The monoisotopic (exact) mass is 2040 g/mol. The fourth-order valence-electron chi connectivity index (χ4n) is 12.9. The molecule has 0 aliphatic heterocycles. The molecule has 0 saturated carbocycles. The number of aryl methyl sites for hydroxylation is 1. The number of hydrogen-bond acceptors (Lipinski definition) is 30. The number of pyridine rings is 6. The van der Waals surface area contributed by atoms with Gasteiger partial charge in [0.2, 0.25) is 23.6 Å². The largest absolute Gasteiger partial charge is 0.390 e. The molecule has 16 aromatic rings. The van der Waals surface area contributed by atoms with Gasteiger partial charge in [0.05, 0.1) is 146 Å². The predicted molar refractivity (Wildman–Crippen MR) is 532 cm³/mol. The number of carbonyl (C=O) groups is 6. The van der Waals surface area contributed by atoms with Gasteiger partial charge in [-0.25, -0.2) is 48.6 Å². The molecule has 6 amide bonds. The molecule has 49 nitrogen and oxygen atoms in total. The van der Waals surface area contributed by atoms with Gasteiger partial charge < -0.3 is 51.3 Å². The van der Waals surface area contributed by atoms with E-state index in [0.29, 0.717) is 99.4 Å². The molecule has 141 heavy (non-hydrogen) atoms. The molecule has 0 radical (unpaired) electrons. The molecule has 8 N–H and O–H groups in total. The van der Waals surface area contributed by atoms with Crippen LogP contribution in [-0.4, -0.2) is 255 Å². The van der Waals surface area contributed by atoms with Crippen molar-refractivity contribution in [2.24, 2.45) is 26.6 Å². The minimum Gasteiger partial charge on any atom is -0.390 e. The zero-order chi connectivity index (χ0) is 99.7. The van der Waals surface area contributed by atoms with Crippen molar-refractivity contribution in [2.75, 3.05) is 81.8 Å². The summed E-state index contributed by atoms with van der Waals surface area (Å²) in [7, 11) is 0. The van der Waals surface area contributed by atoms with Gasteiger partial charge in [0, 0.05) is 134 Å². The topological polar surface area (TPSA) is 565 Å². The fourth-order valence-corrected chi connectivity index (χ4v) is 14.3. The molecular weight excluding hydrogens is 1940 g/mol. The normalized spacial score (nSPS) is 10.8. The third-order valence-corrected chi connectivity index (χ3v) is 21.1.